The van der Waals surface area contributed by atoms with E-state index in [1.807, 2.05) is 19.9 Å². The molecule has 112 valence electrons. The summed E-state index contributed by atoms with van der Waals surface area (Å²) < 4.78 is 11.3. The van der Waals surface area contributed by atoms with E-state index in [-0.39, 0.29) is 0 Å². The normalized spacial score (nSPS) is 19.9. The van der Waals surface area contributed by atoms with Gasteiger partial charge in [0.15, 0.2) is 11.5 Å². The molecule has 20 heavy (non-hydrogen) atoms. The Morgan fingerprint density at radius 1 is 1.20 bits per heavy atom. The fraction of sp³-hybridized carbons (Fsp3) is 0.625. The van der Waals surface area contributed by atoms with Crippen molar-refractivity contribution in [3.63, 3.8) is 0 Å². The molecule has 0 unspecified atom stereocenters. The largest absolute Gasteiger partial charge is 0.490 e. The fourth-order valence-corrected chi connectivity index (χ4v) is 2.61. The van der Waals surface area contributed by atoms with Crippen LogP contribution in [-0.2, 0) is 6.54 Å². The average Bonchev–Trinajstić information content (AvgIpc) is 2.42. The van der Waals surface area contributed by atoms with E-state index >= 15 is 0 Å². The van der Waals surface area contributed by atoms with Crippen molar-refractivity contribution in [1.82, 2.24) is 10.2 Å². The quantitative estimate of drug-likeness (QED) is 0.865. The summed E-state index contributed by atoms with van der Waals surface area (Å²) in [5.41, 5.74) is 1.28. The van der Waals surface area contributed by atoms with Crippen LogP contribution in [0.4, 0.5) is 0 Å². The molecule has 0 aromatic heterocycles. The highest BCUT2D eigenvalue weighted by Crippen LogP contribution is 2.29. The molecule has 0 amide bonds. The fourth-order valence-electron chi connectivity index (χ4n) is 2.61. The lowest BCUT2D eigenvalue weighted by Crippen LogP contribution is -2.48. The second kappa shape index (κ2) is 7.50. The number of nitrogens with one attached hydrogen (secondary N) is 1. The van der Waals surface area contributed by atoms with Gasteiger partial charge in [0.1, 0.15) is 0 Å². The summed E-state index contributed by atoms with van der Waals surface area (Å²) in [7, 11) is 0. The molecule has 4 heteroatoms. The van der Waals surface area contributed by atoms with Crippen molar-refractivity contribution < 1.29 is 9.47 Å². The molecule has 0 spiro atoms. The van der Waals surface area contributed by atoms with Crippen LogP contribution in [-0.4, -0.2) is 43.8 Å². The first-order valence-electron chi connectivity index (χ1n) is 7.57. The van der Waals surface area contributed by atoms with Crippen molar-refractivity contribution in [3.05, 3.63) is 23.8 Å². The molecule has 0 radical (unpaired) electrons. The minimum Gasteiger partial charge on any atom is -0.490 e. The second-order valence-corrected chi connectivity index (χ2v) is 5.24. The van der Waals surface area contributed by atoms with Gasteiger partial charge in [-0.1, -0.05) is 6.07 Å². The minimum absolute atomic E-state index is 0.567. The number of hydrogen-bond acceptors (Lipinski definition) is 4. The van der Waals surface area contributed by atoms with Crippen molar-refractivity contribution in [2.24, 2.45) is 0 Å². The lowest BCUT2D eigenvalue weighted by molar-refractivity contribution is 0.199. The Labute approximate surface area is 122 Å². The van der Waals surface area contributed by atoms with E-state index in [9.17, 15) is 0 Å². The third kappa shape index (κ3) is 4.12. The Bertz CT molecular complexity index is 423. The molecule has 1 N–H and O–H groups in total. The molecule has 1 aromatic rings. The zero-order valence-electron chi connectivity index (χ0n) is 12.8. The highest BCUT2D eigenvalue weighted by atomic mass is 16.5. The Balaban J connectivity index is 2.05. The summed E-state index contributed by atoms with van der Waals surface area (Å²) in [5.74, 6) is 1.70. The smallest absolute Gasteiger partial charge is 0.161 e. The SMILES string of the molecule is CCOc1ccc(CN2CCN[C@H](C)C2)cc1OCC. The second-order valence-electron chi connectivity index (χ2n) is 5.24. The maximum atomic E-state index is 5.68. The molecule has 0 saturated carbocycles. The van der Waals surface area contributed by atoms with Crippen molar-refractivity contribution in [3.8, 4) is 11.5 Å². The third-order valence-electron chi connectivity index (χ3n) is 3.47. The number of nitrogens with zero attached hydrogens (tertiary/aromatic N) is 1. The number of rotatable bonds is 6. The monoisotopic (exact) mass is 278 g/mol. The van der Waals surface area contributed by atoms with Gasteiger partial charge in [-0.2, -0.15) is 0 Å². The lowest BCUT2D eigenvalue weighted by Gasteiger charge is -2.31. The molecule has 2 rings (SSSR count). The molecule has 1 fully saturated rings. The predicted octanol–water partition coefficient (Wildman–Crippen LogP) is 2.28. The molecule has 1 saturated heterocycles. The number of benzene rings is 1. The summed E-state index contributed by atoms with van der Waals surface area (Å²) in [4.78, 5) is 2.48. The van der Waals surface area contributed by atoms with Crippen LogP contribution >= 0.6 is 0 Å². The molecule has 1 aromatic carbocycles. The van der Waals surface area contributed by atoms with Gasteiger partial charge in [0.05, 0.1) is 13.2 Å². The van der Waals surface area contributed by atoms with Crippen LogP contribution in [0.2, 0.25) is 0 Å². The Morgan fingerprint density at radius 3 is 2.65 bits per heavy atom. The van der Waals surface area contributed by atoms with E-state index in [0.29, 0.717) is 19.3 Å². The molecular formula is C16H26N2O2. The van der Waals surface area contributed by atoms with Crippen LogP contribution in [0.3, 0.4) is 0 Å². The van der Waals surface area contributed by atoms with Gasteiger partial charge in [0, 0.05) is 32.2 Å². The number of piperazine rings is 1. The molecule has 0 aliphatic carbocycles. The van der Waals surface area contributed by atoms with Crippen LogP contribution in [0, 0.1) is 0 Å². The summed E-state index contributed by atoms with van der Waals surface area (Å²) in [6.45, 7) is 11.8. The predicted molar refractivity (Wildman–Crippen MR) is 81.5 cm³/mol. The third-order valence-corrected chi connectivity index (χ3v) is 3.47. The minimum atomic E-state index is 0.567. The molecule has 1 heterocycles. The van der Waals surface area contributed by atoms with E-state index in [0.717, 1.165) is 37.7 Å². The van der Waals surface area contributed by atoms with Crippen LogP contribution in [0.15, 0.2) is 18.2 Å². The van der Waals surface area contributed by atoms with Crippen LogP contribution in [0.5, 0.6) is 11.5 Å². The zero-order valence-corrected chi connectivity index (χ0v) is 12.8. The van der Waals surface area contributed by atoms with Crippen LogP contribution in [0.1, 0.15) is 26.3 Å². The van der Waals surface area contributed by atoms with Crippen molar-refractivity contribution in [1.29, 1.82) is 0 Å². The maximum absolute atomic E-state index is 5.68. The topological polar surface area (TPSA) is 33.7 Å². The first kappa shape index (κ1) is 15.1. The van der Waals surface area contributed by atoms with E-state index in [4.69, 9.17) is 9.47 Å². The summed E-state index contributed by atoms with van der Waals surface area (Å²) in [6.07, 6.45) is 0. The van der Waals surface area contributed by atoms with Crippen molar-refractivity contribution in [2.75, 3.05) is 32.8 Å². The summed E-state index contributed by atoms with van der Waals surface area (Å²) >= 11 is 0. The molecule has 0 bridgehead atoms. The van der Waals surface area contributed by atoms with E-state index in [2.05, 4.69) is 29.3 Å². The van der Waals surface area contributed by atoms with Crippen molar-refractivity contribution >= 4 is 0 Å². The van der Waals surface area contributed by atoms with Gasteiger partial charge < -0.3 is 14.8 Å². The highest BCUT2D eigenvalue weighted by Gasteiger charge is 2.16. The zero-order chi connectivity index (χ0) is 14.4. The Kier molecular flexibility index (Phi) is 5.68. The van der Waals surface area contributed by atoms with E-state index < -0.39 is 0 Å². The van der Waals surface area contributed by atoms with Gasteiger partial charge >= 0.3 is 0 Å². The molecule has 1 aliphatic rings. The van der Waals surface area contributed by atoms with E-state index in [1.54, 1.807) is 0 Å². The van der Waals surface area contributed by atoms with Gasteiger partial charge in [0.25, 0.3) is 0 Å². The molecule has 1 atom stereocenters. The van der Waals surface area contributed by atoms with Crippen LogP contribution < -0.4 is 14.8 Å². The highest BCUT2D eigenvalue weighted by molar-refractivity contribution is 5.43. The summed E-state index contributed by atoms with van der Waals surface area (Å²) in [6, 6.07) is 6.84. The number of hydrogen-bond donors (Lipinski definition) is 1. The average molecular weight is 278 g/mol. The molecular weight excluding hydrogens is 252 g/mol. The summed E-state index contributed by atoms with van der Waals surface area (Å²) in [5, 5.41) is 3.47. The van der Waals surface area contributed by atoms with Gasteiger partial charge in [-0.15, -0.1) is 0 Å². The van der Waals surface area contributed by atoms with Gasteiger partial charge in [-0.05, 0) is 38.5 Å². The lowest BCUT2D eigenvalue weighted by atomic mass is 10.1. The molecule has 1 aliphatic heterocycles. The van der Waals surface area contributed by atoms with Crippen molar-refractivity contribution in [2.45, 2.75) is 33.4 Å². The Morgan fingerprint density at radius 2 is 1.95 bits per heavy atom. The number of ether oxygens (including phenoxy) is 2. The molecule has 4 nitrogen and oxygen atoms in total. The Hall–Kier alpha value is -1.26. The van der Waals surface area contributed by atoms with Gasteiger partial charge in [-0.3, -0.25) is 4.90 Å². The van der Waals surface area contributed by atoms with E-state index in [1.165, 1.54) is 5.56 Å². The van der Waals surface area contributed by atoms with Crippen LogP contribution in [0.25, 0.3) is 0 Å². The first-order valence-corrected chi connectivity index (χ1v) is 7.57. The van der Waals surface area contributed by atoms with Gasteiger partial charge in [0.2, 0.25) is 0 Å². The maximum Gasteiger partial charge on any atom is 0.161 e. The first-order chi connectivity index (χ1) is 9.72. The standard InChI is InChI=1S/C16H26N2O2/c1-4-19-15-7-6-14(10-16(15)20-5-2)12-18-9-8-17-13(3)11-18/h6-7,10,13,17H,4-5,8-9,11-12H2,1-3H3/t13-/m1/s1. The van der Waals surface area contributed by atoms with Gasteiger partial charge in [-0.25, -0.2) is 0 Å².